The molecule has 8 heteroatoms. The second kappa shape index (κ2) is 8.33. The average Bonchev–Trinajstić information content (AvgIpc) is 2.71. The van der Waals surface area contributed by atoms with Gasteiger partial charge in [0.1, 0.15) is 16.2 Å². The molecule has 0 atom stereocenters. The van der Waals surface area contributed by atoms with Crippen LogP contribution in [-0.4, -0.2) is 26.5 Å². The molecule has 30 heavy (non-hydrogen) atoms. The number of anilines is 1. The third kappa shape index (κ3) is 4.13. The fourth-order valence-corrected chi connectivity index (χ4v) is 5.71. The topological polar surface area (TPSA) is 50.3 Å². The molecule has 0 aliphatic carbocycles. The summed E-state index contributed by atoms with van der Waals surface area (Å²) in [6.07, 6.45) is 3.18. The number of benzene rings is 2. The third-order valence-corrected chi connectivity index (χ3v) is 7.98. The number of para-hydroxylation sites is 1. The van der Waals surface area contributed by atoms with E-state index >= 15 is 0 Å². The summed E-state index contributed by atoms with van der Waals surface area (Å²) in [7, 11) is -3.77. The number of nitrogens with zero attached hydrogens (tertiary/aromatic N) is 2. The summed E-state index contributed by atoms with van der Waals surface area (Å²) < 4.78 is 41.2. The standard InChI is InChI=1S/C22H21Cl2FN2O2S/c1-14-7-9-27(10-8-14)22-16-3-2-4-19(25)21(16)26-12-20(22)30(28,29)13-15-5-6-17(23)18(24)11-15/h2-6,11-12,14H,7-10,13H2,1H3. The Labute approximate surface area is 185 Å². The summed E-state index contributed by atoms with van der Waals surface area (Å²) in [6, 6.07) is 9.43. The van der Waals surface area contributed by atoms with E-state index in [9.17, 15) is 12.8 Å². The van der Waals surface area contributed by atoms with Gasteiger partial charge in [-0.05, 0) is 42.5 Å². The number of halogens is 3. The van der Waals surface area contributed by atoms with Crippen LogP contribution in [0.4, 0.5) is 10.1 Å². The first-order chi connectivity index (χ1) is 14.3. The Bertz CT molecular complexity index is 1210. The summed E-state index contributed by atoms with van der Waals surface area (Å²) in [5.41, 5.74) is 1.24. The van der Waals surface area contributed by atoms with Crippen LogP contribution in [0.15, 0.2) is 47.5 Å². The fraction of sp³-hybridized carbons (Fsp3) is 0.318. The number of pyridine rings is 1. The van der Waals surface area contributed by atoms with Gasteiger partial charge in [-0.1, -0.05) is 48.3 Å². The zero-order chi connectivity index (χ0) is 21.5. The van der Waals surface area contributed by atoms with Crippen molar-refractivity contribution in [3.05, 3.63) is 64.0 Å². The highest BCUT2D eigenvalue weighted by Crippen LogP contribution is 2.37. The molecule has 4 rings (SSSR count). The van der Waals surface area contributed by atoms with Crippen LogP contribution in [0.25, 0.3) is 10.9 Å². The maximum atomic E-state index is 14.4. The Morgan fingerprint density at radius 1 is 1.13 bits per heavy atom. The molecule has 0 spiro atoms. The minimum Gasteiger partial charge on any atom is -0.370 e. The maximum absolute atomic E-state index is 14.4. The number of piperidine rings is 1. The predicted octanol–water partition coefficient (Wildman–Crippen LogP) is 5.89. The molecular weight excluding hydrogens is 446 g/mol. The first kappa shape index (κ1) is 21.3. The Hall–Kier alpha value is -1.89. The van der Waals surface area contributed by atoms with Crippen LogP contribution in [0, 0.1) is 11.7 Å². The Morgan fingerprint density at radius 3 is 2.57 bits per heavy atom. The van der Waals surface area contributed by atoms with Crippen LogP contribution in [0.3, 0.4) is 0 Å². The Balaban J connectivity index is 1.84. The zero-order valence-corrected chi connectivity index (χ0v) is 18.7. The molecule has 1 aliphatic heterocycles. The van der Waals surface area contributed by atoms with E-state index in [-0.39, 0.29) is 16.2 Å². The van der Waals surface area contributed by atoms with E-state index in [1.54, 1.807) is 30.3 Å². The Kier molecular flexibility index (Phi) is 5.93. The second-order valence-electron chi connectivity index (χ2n) is 7.78. The molecule has 3 aromatic rings. The molecule has 158 valence electrons. The van der Waals surface area contributed by atoms with Crippen molar-refractivity contribution in [1.82, 2.24) is 4.98 Å². The average molecular weight is 467 g/mol. The quantitative estimate of drug-likeness (QED) is 0.480. The van der Waals surface area contributed by atoms with Crippen molar-refractivity contribution < 1.29 is 12.8 Å². The van der Waals surface area contributed by atoms with Gasteiger partial charge in [-0.3, -0.25) is 4.98 Å². The largest absolute Gasteiger partial charge is 0.370 e. The second-order valence-corrected chi connectivity index (χ2v) is 10.6. The molecular formula is C22H21Cl2FN2O2S. The molecule has 1 saturated heterocycles. The molecule has 1 aromatic heterocycles. The van der Waals surface area contributed by atoms with Crippen LogP contribution in [0.1, 0.15) is 25.3 Å². The lowest BCUT2D eigenvalue weighted by molar-refractivity contribution is 0.437. The first-order valence-corrected chi connectivity index (χ1v) is 12.2. The van der Waals surface area contributed by atoms with Crippen LogP contribution in [-0.2, 0) is 15.6 Å². The molecule has 2 aromatic carbocycles. The fourth-order valence-electron chi connectivity index (χ4n) is 3.87. The lowest BCUT2D eigenvalue weighted by atomic mass is 9.98. The van der Waals surface area contributed by atoms with E-state index in [1.807, 2.05) is 4.90 Å². The molecule has 0 unspecified atom stereocenters. The number of aromatic nitrogens is 1. The van der Waals surface area contributed by atoms with Crippen molar-refractivity contribution in [2.45, 2.75) is 30.4 Å². The van der Waals surface area contributed by atoms with Crippen molar-refractivity contribution in [1.29, 1.82) is 0 Å². The highest BCUT2D eigenvalue weighted by molar-refractivity contribution is 7.90. The van der Waals surface area contributed by atoms with Crippen molar-refractivity contribution in [3.63, 3.8) is 0 Å². The molecule has 0 amide bonds. The number of sulfone groups is 1. The molecule has 1 fully saturated rings. The van der Waals surface area contributed by atoms with E-state index in [2.05, 4.69) is 11.9 Å². The van der Waals surface area contributed by atoms with Gasteiger partial charge in [0.05, 0.1) is 21.5 Å². The Morgan fingerprint density at radius 2 is 1.87 bits per heavy atom. The van der Waals surface area contributed by atoms with Crippen molar-refractivity contribution in [3.8, 4) is 0 Å². The third-order valence-electron chi connectivity index (χ3n) is 5.56. The number of fused-ring (bicyclic) bond motifs is 1. The smallest absolute Gasteiger partial charge is 0.186 e. The van der Waals surface area contributed by atoms with Gasteiger partial charge < -0.3 is 4.90 Å². The summed E-state index contributed by atoms with van der Waals surface area (Å²) in [5.74, 6) is -0.140. The molecule has 0 radical (unpaired) electrons. The minimum absolute atomic E-state index is 0.112. The summed E-state index contributed by atoms with van der Waals surface area (Å²) in [5, 5.41) is 1.18. The normalized spacial score (nSPS) is 15.7. The lowest BCUT2D eigenvalue weighted by Crippen LogP contribution is -2.34. The van der Waals surface area contributed by atoms with Crippen molar-refractivity contribution >= 4 is 49.6 Å². The molecule has 4 nitrogen and oxygen atoms in total. The van der Waals surface area contributed by atoms with E-state index in [0.29, 0.717) is 45.7 Å². The summed E-state index contributed by atoms with van der Waals surface area (Å²) >= 11 is 12.0. The van der Waals surface area contributed by atoms with Crippen molar-refractivity contribution in [2.24, 2.45) is 5.92 Å². The van der Waals surface area contributed by atoms with Gasteiger partial charge in [-0.25, -0.2) is 12.8 Å². The predicted molar refractivity (Wildman–Crippen MR) is 120 cm³/mol. The van der Waals surface area contributed by atoms with Gasteiger partial charge in [-0.15, -0.1) is 0 Å². The van der Waals surface area contributed by atoms with E-state index in [1.165, 1.54) is 12.3 Å². The van der Waals surface area contributed by atoms with Gasteiger partial charge in [0.2, 0.25) is 0 Å². The highest BCUT2D eigenvalue weighted by atomic mass is 35.5. The van der Waals surface area contributed by atoms with Crippen LogP contribution in [0.2, 0.25) is 10.0 Å². The summed E-state index contributed by atoms with van der Waals surface area (Å²) in [4.78, 5) is 6.32. The first-order valence-electron chi connectivity index (χ1n) is 9.75. The molecule has 0 bridgehead atoms. The van der Waals surface area contributed by atoms with Crippen molar-refractivity contribution in [2.75, 3.05) is 18.0 Å². The van der Waals surface area contributed by atoms with Crippen LogP contribution in [0.5, 0.6) is 0 Å². The van der Waals surface area contributed by atoms with Gasteiger partial charge in [0.15, 0.2) is 9.84 Å². The van der Waals surface area contributed by atoms with E-state index in [4.69, 9.17) is 23.2 Å². The monoisotopic (exact) mass is 466 g/mol. The van der Waals surface area contributed by atoms with Gasteiger partial charge in [0, 0.05) is 24.7 Å². The minimum atomic E-state index is -3.77. The van der Waals surface area contributed by atoms with Gasteiger partial charge in [0.25, 0.3) is 0 Å². The zero-order valence-electron chi connectivity index (χ0n) is 16.4. The van der Waals surface area contributed by atoms with E-state index < -0.39 is 15.7 Å². The summed E-state index contributed by atoms with van der Waals surface area (Å²) in [6.45, 7) is 3.61. The number of hydrogen-bond acceptors (Lipinski definition) is 4. The molecule has 2 heterocycles. The van der Waals surface area contributed by atoms with Crippen LogP contribution < -0.4 is 4.90 Å². The number of rotatable bonds is 4. The van der Waals surface area contributed by atoms with E-state index in [0.717, 1.165) is 12.8 Å². The number of hydrogen-bond donors (Lipinski definition) is 0. The molecule has 0 saturated carbocycles. The lowest BCUT2D eigenvalue weighted by Gasteiger charge is -2.34. The van der Waals surface area contributed by atoms with Crippen LogP contribution >= 0.6 is 23.2 Å². The highest BCUT2D eigenvalue weighted by Gasteiger charge is 2.28. The van der Waals surface area contributed by atoms with Gasteiger partial charge in [-0.2, -0.15) is 0 Å². The maximum Gasteiger partial charge on any atom is 0.186 e. The van der Waals surface area contributed by atoms with Gasteiger partial charge >= 0.3 is 0 Å². The molecule has 0 N–H and O–H groups in total. The SMILES string of the molecule is CC1CCN(c2c(S(=O)(=O)Cc3ccc(Cl)c(Cl)c3)cnc3c(F)cccc23)CC1. The molecule has 1 aliphatic rings.